The van der Waals surface area contributed by atoms with Crippen molar-refractivity contribution in [1.29, 1.82) is 0 Å². The number of ether oxygens (including phenoxy) is 3. The highest BCUT2D eigenvalue weighted by atomic mass is 35.5. The Morgan fingerprint density at radius 2 is 1.55 bits per heavy atom. The zero-order valence-corrected chi connectivity index (χ0v) is 17.6. The van der Waals surface area contributed by atoms with Gasteiger partial charge in [-0.2, -0.15) is 0 Å². The number of hydrogen-bond donors (Lipinski definition) is 4. The number of rotatable bonds is 4. The summed E-state index contributed by atoms with van der Waals surface area (Å²) < 4.78 is 17.4. The molecule has 3 atom stereocenters. The first kappa shape index (κ1) is 20.1. The van der Waals surface area contributed by atoms with E-state index < -0.39 is 0 Å². The molecule has 3 unspecified atom stereocenters. The van der Waals surface area contributed by atoms with E-state index in [1.165, 1.54) is 0 Å². The van der Waals surface area contributed by atoms with Crippen LogP contribution < -0.4 is 21.3 Å². The average Bonchev–Trinajstić information content (AvgIpc) is 3.17. The van der Waals surface area contributed by atoms with Crippen molar-refractivity contribution in [3.63, 3.8) is 0 Å². The molecule has 9 nitrogen and oxygen atoms in total. The third-order valence-corrected chi connectivity index (χ3v) is 6.84. The molecule has 4 N–H and O–H groups in total. The van der Waals surface area contributed by atoms with Gasteiger partial charge in [-0.25, -0.2) is 0 Å². The summed E-state index contributed by atoms with van der Waals surface area (Å²) in [6.07, 6.45) is 4.54. The van der Waals surface area contributed by atoms with Crippen LogP contribution in [0.2, 0.25) is 0 Å². The summed E-state index contributed by atoms with van der Waals surface area (Å²) >= 11 is 6.39. The number of morpholine rings is 1. The van der Waals surface area contributed by atoms with Gasteiger partial charge in [-0.05, 0) is 25.7 Å². The zero-order chi connectivity index (χ0) is 19.6. The maximum atomic E-state index is 6.39. The molecule has 29 heavy (non-hydrogen) atoms. The minimum absolute atomic E-state index is 0.0362. The van der Waals surface area contributed by atoms with Crippen LogP contribution in [-0.4, -0.2) is 92.7 Å². The highest BCUT2D eigenvalue weighted by Gasteiger charge is 2.39. The minimum atomic E-state index is -0.322. The van der Waals surface area contributed by atoms with Gasteiger partial charge in [0.2, 0.25) is 6.35 Å². The molecule has 5 heterocycles. The lowest BCUT2D eigenvalue weighted by molar-refractivity contribution is -0.0692. The molecule has 0 aliphatic carbocycles. The number of nitrogens with zero attached hydrogens (tertiary/aromatic N) is 2. The number of alkyl halides is 1. The van der Waals surface area contributed by atoms with Gasteiger partial charge in [-0.1, -0.05) is 11.6 Å². The molecule has 0 amide bonds. The van der Waals surface area contributed by atoms with E-state index in [9.17, 15) is 0 Å². The summed E-state index contributed by atoms with van der Waals surface area (Å²) in [5, 5.41) is 13.7. The van der Waals surface area contributed by atoms with Crippen LogP contribution in [0.1, 0.15) is 25.7 Å². The van der Waals surface area contributed by atoms with Crippen LogP contribution >= 0.6 is 11.6 Å². The monoisotopic (exact) mass is 428 g/mol. The highest BCUT2D eigenvalue weighted by molar-refractivity contribution is 6.20. The Morgan fingerprint density at radius 3 is 2.31 bits per heavy atom. The van der Waals surface area contributed by atoms with Crippen molar-refractivity contribution < 1.29 is 14.2 Å². The van der Waals surface area contributed by atoms with E-state index in [1.807, 2.05) is 0 Å². The van der Waals surface area contributed by atoms with Crippen LogP contribution in [0.25, 0.3) is 0 Å². The second-order valence-electron chi connectivity index (χ2n) is 8.40. The predicted octanol–water partition coefficient (Wildman–Crippen LogP) is -0.335. The molecule has 0 aromatic heterocycles. The third-order valence-electron chi connectivity index (χ3n) is 6.60. The Kier molecular flexibility index (Phi) is 6.33. The van der Waals surface area contributed by atoms with Gasteiger partial charge in [-0.15, -0.1) is 0 Å². The molecule has 0 spiro atoms. The van der Waals surface area contributed by atoms with Crippen molar-refractivity contribution in [2.45, 2.75) is 56.0 Å². The first-order valence-electron chi connectivity index (χ1n) is 11.0. The highest BCUT2D eigenvalue weighted by Crippen LogP contribution is 2.25. The molecule has 164 valence electrons. The number of nitrogens with one attached hydrogen (secondary N) is 4. The largest absolute Gasteiger partial charge is 0.381 e. The van der Waals surface area contributed by atoms with Crippen molar-refractivity contribution >= 4 is 11.6 Å². The lowest BCUT2D eigenvalue weighted by Gasteiger charge is -2.40. The summed E-state index contributed by atoms with van der Waals surface area (Å²) in [5.41, 5.74) is 0.755. The van der Waals surface area contributed by atoms with Gasteiger partial charge >= 0.3 is 0 Å². The van der Waals surface area contributed by atoms with Gasteiger partial charge in [0, 0.05) is 45.4 Å². The second-order valence-corrected chi connectivity index (χ2v) is 8.83. The molecule has 0 aromatic carbocycles. The molecule has 3 fully saturated rings. The van der Waals surface area contributed by atoms with Crippen molar-refractivity contribution in [2.24, 2.45) is 0 Å². The van der Waals surface area contributed by atoms with Gasteiger partial charge in [0.15, 0.2) is 5.62 Å². The molecule has 0 bridgehead atoms. The quantitative estimate of drug-likeness (QED) is 0.355. The summed E-state index contributed by atoms with van der Waals surface area (Å²) in [6, 6.07) is 0.687. The molecule has 5 aliphatic heterocycles. The molecule has 0 radical (unpaired) electrons. The first-order valence-corrected chi connectivity index (χ1v) is 11.4. The van der Waals surface area contributed by atoms with E-state index >= 15 is 0 Å². The summed E-state index contributed by atoms with van der Waals surface area (Å²) in [7, 11) is 0. The van der Waals surface area contributed by atoms with Gasteiger partial charge in [0.05, 0.1) is 25.0 Å². The van der Waals surface area contributed by atoms with Crippen LogP contribution in [0.3, 0.4) is 0 Å². The fourth-order valence-corrected chi connectivity index (χ4v) is 5.22. The molecule has 5 aliphatic rings. The van der Waals surface area contributed by atoms with Crippen LogP contribution in [0.15, 0.2) is 11.5 Å². The molecule has 0 saturated carbocycles. The van der Waals surface area contributed by atoms with E-state index in [-0.39, 0.29) is 24.2 Å². The smallest absolute Gasteiger partial charge is 0.206 e. The predicted molar refractivity (Wildman–Crippen MR) is 109 cm³/mol. The van der Waals surface area contributed by atoms with Crippen molar-refractivity contribution in [3.05, 3.63) is 11.5 Å². The standard InChI is InChI=1S/C19H33ClN6O3/c20-18-22-16-15(17(24-18)26-7-11-28-12-8-26)21-19(23-16)29-14-1-5-25(6-2-14)13-3-9-27-10-4-13/h13-14,17-19,21-24H,1-12H2. The normalized spacial score (nSPS) is 35.7. The van der Waals surface area contributed by atoms with E-state index in [4.69, 9.17) is 25.8 Å². The van der Waals surface area contributed by atoms with Gasteiger partial charge < -0.3 is 35.1 Å². The van der Waals surface area contributed by atoms with Crippen LogP contribution in [0.4, 0.5) is 0 Å². The first-order chi connectivity index (χ1) is 14.3. The number of likely N-dealkylation sites (tertiary alicyclic amines) is 1. The summed E-state index contributed by atoms with van der Waals surface area (Å²) in [5.74, 6) is 0.935. The Labute approximate surface area is 177 Å². The Balaban J connectivity index is 1.13. The number of hydrogen-bond acceptors (Lipinski definition) is 9. The van der Waals surface area contributed by atoms with E-state index in [2.05, 4.69) is 31.1 Å². The van der Waals surface area contributed by atoms with E-state index in [1.54, 1.807) is 0 Å². The maximum absolute atomic E-state index is 6.39. The average molecular weight is 429 g/mol. The van der Waals surface area contributed by atoms with E-state index in [0.29, 0.717) is 6.04 Å². The van der Waals surface area contributed by atoms with Gasteiger partial charge in [0.1, 0.15) is 12.0 Å². The molecule has 5 rings (SSSR count). The lowest BCUT2D eigenvalue weighted by atomic mass is 10.0. The topological polar surface area (TPSA) is 82.3 Å². The van der Waals surface area contributed by atoms with Crippen molar-refractivity contribution in [1.82, 2.24) is 31.1 Å². The van der Waals surface area contributed by atoms with Crippen LogP contribution in [0.5, 0.6) is 0 Å². The van der Waals surface area contributed by atoms with Crippen molar-refractivity contribution in [2.75, 3.05) is 52.6 Å². The molecule has 3 saturated heterocycles. The van der Waals surface area contributed by atoms with Gasteiger partial charge in [0.25, 0.3) is 0 Å². The van der Waals surface area contributed by atoms with Gasteiger partial charge in [-0.3, -0.25) is 10.2 Å². The number of halogens is 1. The Morgan fingerprint density at radius 1 is 0.828 bits per heavy atom. The molecule has 10 heteroatoms. The second kappa shape index (κ2) is 9.13. The minimum Gasteiger partial charge on any atom is -0.381 e. The summed E-state index contributed by atoms with van der Waals surface area (Å²) in [6.45, 7) is 7.29. The molecular formula is C19H33ClN6O3. The van der Waals surface area contributed by atoms with Crippen LogP contribution in [0, 0.1) is 0 Å². The summed E-state index contributed by atoms with van der Waals surface area (Å²) in [4.78, 5) is 4.98. The molecular weight excluding hydrogens is 396 g/mol. The fraction of sp³-hybridized carbons (Fsp3) is 0.895. The third kappa shape index (κ3) is 4.61. The lowest BCUT2D eigenvalue weighted by Crippen LogP contribution is -2.60. The Hall–Kier alpha value is -0.810. The zero-order valence-electron chi connectivity index (χ0n) is 16.9. The molecule has 0 aromatic rings. The van der Waals surface area contributed by atoms with E-state index in [0.717, 1.165) is 89.8 Å². The fourth-order valence-electron chi connectivity index (χ4n) is 5.00. The maximum Gasteiger partial charge on any atom is 0.206 e. The SMILES string of the molecule is ClC1NC2=C(NC(OC3CCN(C4CCOCC4)CC3)N2)C(N2CCOCC2)N1. The Bertz CT molecular complexity index is 590. The number of piperidine rings is 1. The van der Waals surface area contributed by atoms with Crippen LogP contribution in [-0.2, 0) is 14.2 Å². The van der Waals surface area contributed by atoms with Crippen molar-refractivity contribution in [3.8, 4) is 0 Å².